The number of anilines is 3. The lowest BCUT2D eigenvalue weighted by Crippen LogP contribution is -2.38. The first kappa shape index (κ1) is 20.0. The van der Waals surface area contributed by atoms with Gasteiger partial charge < -0.3 is 29.8 Å². The fourth-order valence-corrected chi connectivity index (χ4v) is 3.51. The minimum absolute atomic E-state index is 0.212. The highest BCUT2D eigenvalue weighted by atomic mass is 16.5. The number of nitrogens with one attached hydrogen (secondary N) is 1. The van der Waals surface area contributed by atoms with E-state index in [1.54, 1.807) is 6.07 Å². The van der Waals surface area contributed by atoms with Gasteiger partial charge in [-0.05, 0) is 49.7 Å². The molecule has 1 aliphatic heterocycles. The number of morpholine rings is 1. The summed E-state index contributed by atoms with van der Waals surface area (Å²) >= 11 is 0. The first-order valence-electron chi connectivity index (χ1n) is 9.88. The quantitative estimate of drug-likeness (QED) is 0.756. The number of carbonyl (C=O) groups excluding carboxylic acids is 1. The largest absolute Gasteiger partial charge is 0.545 e. The Morgan fingerprint density at radius 1 is 1.11 bits per heavy atom. The molecule has 0 aromatic heterocycles. The fourth-order valence-electron chi connectivity index (χ4n) is 3.51. The van der Waals surface area contributed by atoms with Gasteiger partial charge in [0, 0.05) is 55.3 Å². The fraction of sp³-hybridized carbons (Fsp3) is 0.409. The maximum atomic E-state index is 11.6. The molecule has 0 bridgehead atoms. The minimum Gasteiger partial charge on any atom is -0.545 e. The Bertz CT molecular complexity index is 782. The zero-order valence-electron chi connectivity index (χ0n) is 16.6. The standard InChI is InChI=1S/C22H29N3O3/c1-3-24(4-2)19-8-5-17(6-9-19)16-23-18-7-10-21(20(15-18)22(26)27)25-11-13-28-14-12-25/h5-10,15,23H,3-4,11-14,16H2,1-2H3,(H,26,27)/p-1. The first-order valence-corrected chi connectivity index (χ1v) is 9.88. The normalized spacial score (nSPS) is 14.0. The SMILES string of the molecule is CCN(CC)c1ccc(CNc2ccc(N3CCOCC3)c(C(=O)[O-])c2)cc1. The number of ether oxygens (including phenoxy) is 1. The molecule has 1 heterocycles. The van der Waals surface area contributed by atoms with Gasteiger partial charge in [0.1, 0.15) is 0 Å². The van der Waals surface area contributed by atoms with Gasteiger partial charge in [0.05, 0.1) is 19.2 Å². The van der Waals surface area contributed by atoms with E-state index >= 15 is 0 Å². The molecule has 0 amide bonds. The third kappa shape index (κ3) is 4.75. The summed E-state index contributed by atoms with van der Waals surface area (Å²) in [4.78, 5) is 16.0. The van der Waals surface area contributed by atoms with Crippen molar-refractivity contribution >= 4 is 23.0 Å². The van der Waals surface area contributed by atoms with Gasteiger partial charge in [-0.3, -0.25) is 0 Å². The molecule has 150 valence electrons. The molecule has 0 radical (unpaired) electrons. The summed E-state index contributed by atoms with van der Waals surface area (Å²) in [6.07, 6.45) is 0. The summed E-state index contributed by atoms with van der Waals surface area (Å²) in [6, 6.07) is 13.9. The van der Waals surface area contributed by atoms with Crippen LogP contribution in [-0.4, -0.2) is 45.4 Å². The Morgan fingerprint density at radius 3 is 2.39 bits per heavy atom. The second kappa shape index (κ2) is 9.46. The van der Waals surface area contributed by atoms with Crippen LogP contribution < -0.4 is 20.2 Å². The van der Waals surface area contributed by atoms with Gasteiger partial charge in [-0.2, -0.15) is 0 Å². The lowest BCUT2D eigenvalue weighted by Gasteiger charge is -2.31. The van der Waals surface area contributed by atoms with Gasteiger partial charge in [0.25, 0.3) is 0 Å². The third-order valence-electron chi connectivity index (χ3n) is 5.13. The first-order chi connectivity index (χ1) is 13.6. The van der Waals surface area contributed by atoms with Crippen LogP contribution in [0.15, 0.2) is 42.5 Å². The molecule has 1 aliphatic rings. The zero-order valence-corrected chi connectivity index (χ0v) is 16.6. The Hall–Kier alpha value is -2.73. The molecule has 0 spiro atoms. The van der Waals surface area contributed by atoms with Gasteiger partial charge in [0.2, 0.25) is 0 Å². The predicted molar refractivity (Wildman–Crippen MR) is 111 cm³/mol. The van der Waals surface area contributed by atoms with Crippen LogP contribution in [0.1, 0.15) is 29.8 Å². The number of carboxylic acids is 1. The molecule has 0 atom stereocenters. The van der Waals surface area contributed by atoms with Crippen LogP contribution >= 0.6 is 0 Å². The van der Waals surface area contributed by atoms with Crippen LogP contribution in [0.5, 0.6) is 0 Å². The molecule has 0 unspecified atom stereocenters. The van der Waals surface area contributed by atoms with Gasteiger partial charge in [-0.1, -0.05) is 12.1 Å². The summed E-state index contributed by atoms with van der Waals surface area (Å²) < 4.78 is 5.35. The van der Waals surface area contributed by atoms with Crippen molar-refractivity contribution in [3.63, 3.8) is 0 Å². The summed E-state index contributed by atoms with van der Waals surface area (Å²) in [6.45, 7) is 9.47. The second-order valence-electron chi connectivity index (χ2n) is 6.81. The molecule has 0 aliphatic carbocycles. The lowest BCUT2D eigenvalue weighted by molar-refractivity contribution is -0.254. The number of aromatic carboxylic acids is 1. The van der Waals surface area contributed by atoms with E-state index < -0.39 is 5.97 Å². The summed E-state index contributed by atoms with van der Waals surface area (Å²) in [5.74, 6) is -1.16. The number of hydrogen-bond donors (Lipinski definition) is 1. The topological polar surface area (TPSA) is 67.9 Å². The van der Waals surface area contributed by atoms with Crippen LogP contribution in [0.2, 0.25) is 0 Å². The maximum Gasteiger partial charge on any atom is 0.0736 e. The van der Waals surface area contributed by atoms with Crippen LogP contribution in [0.25, 0.3) is 0 Å². The van der Waals surface area contributed by atoms with E-state index in [1.807, 2.05) is 17.0 Å². The molecular weight excluding hydrogens is 354 g/mol. The summed E-state index contributed by atoms with van der Waals surface area (Å²) in [5.41, 5.74) is 4.02. The molecule has 6 heteroatoms. The average molecular weight is 382 g/mol. The third-order valence-corrected chi connectivity index (χ3v) is 5.13. The van der Waals surface area contributed by atoms with Crippen molar-refractivity contribution in [3.05, 3.63) is 53.6 Å². The molecule has 0 saturated carbocycles. The molecule has 2 aromatic carbocycles. The van der Waals surface area contributed by atoms with Crippen LogP contribution in [0.3, 0.4) is 0 Å². The summed E-state index contributed by atoms with van der Waals surface area (Å²) in [5, 5.41) is 15.0. The number of rotatable bonds is 8. The van der Waals surface area contributed by atoms with Crippen molar-refractivity contribution in [2.45, 2.75) is 20.4 Å². The average Bonchev–Trinajstić information content (AvgIpc) is 2.74. The zero-order chi connectivity index (χ0) is 19.9. The van der Waals surface area contributed by atoms with Crippen LogP contribution in [-0.2, 0) is 11.3 Å². The van der Waals surface area contributed by atoms with E-state index in [0.717, 1.165) is 24.3 Å². The van der Waals surface area contributed by atoms with Gasteiger partial charge >= 0.3 is 0 Å². The molecule has 1 saturated heterocycles. The molecule has 1 fully saturated rings. The van der Waals surface area contributed by atoms with Gasteiger partial charge in [0.15, 0.2) is 0 Å². The number of carbonyl (C=O) groups is 1. The number of benzene rings is 2. The van der Waals surface area contributed by atoms with Crippen molar-refractivity contribution < 1.29 is 14.6 Å². The minimum atomic E-state index is -1.16. The molecule has 3 rings (SSSR count). The van der Waals surface area contributed by atoms with Gasteiger partial charge in [-0.25, -0.2) is 0 Å². The highest BCUT2D eigenvalue weighted by Gasteiger charge is 2.15. The number of nitrogens with zero attached hydrogens (tertiary/aromatic N) is 2. The van der Waals surface area contributed by atoms with Crippen LogP contribution in [0, 0.1) is 0 Å². The number of carboxylic acid groups (broad SMARTS) is 1. The molecule has 28 heavy (non-hydrogen) atoms. The summed E-state index contributed by atoms with van der Waals surface area (Å²) in [7, 11) is 0. The van der Waals surface area contributed by atoms with Crippen molar-refractivity contribution in [3.8, 4) is 0 Å². The highest BCUT2D eigenvalue weighted by Crippen LogP contribution is 2.25. The van der Waals surface area contributed by atoms with E-state index in [9.17, 15) is 9.90 Å². The van der Waals surface area contributed by atoms with E-state index in [4.69, 9.17) is 4.74 Å². The highest BCUT2D eigenvalue weighted by molar-refractivity contribution is 5.94. The predicted octanol–water partition coefficient (Wildman–Crippen LogP) is 2.34. The number of hydrogen-bond acceptors (Lipinski definition) is 6. The van der Waals surface area contributed by atoms with Crippen molar-refractivity contribution in [1.82, 2.24) is 0 Å². The molecule has 6 nitrogen and oxygen atoms in total. The monoisotopic (exact) mass is 382 g/mol. The smallest absolute Gasteiger partial charge is 0.0736 e. The maximum absolute atomic E-state index is 11.6. The van der Waals surface area contributed by atoms with E-state index in [2.05, 4.69) is 48.3 Å². The Labute approximate surface area is 166 Å². The van der Waals surface area contributed by atoms with E-state index in [1.165, 1.54) is 5.69 Å². The Morgan fingerprint density at radius 2 is 1.79 bits per heavy atom. The second-order valence-corrected chi connectivity index (χ2v) is 6.81. The lowest BCUT2D eigenvalue weighted by atomic mass is 10.1. The Balaban J connectivity index is 1.69. The molecule has 1 N–H and O–H groups in total. The van der Waals surface area contributed by atoms with E-state index in [0.29, 0.717) is 38.5 Å². The van der Waals surface area contributed by atoms with Gasteiger partial charge in [-0.15, -0.1) is 0 Å². The van der Waals surface area contributed by atoms with Crippen LogP contribution in [0.4, 0.5) is 17.1 Å². The van der Waals surface area contributed by atoms with Crippen molar-refractivity contribution in [1.29, 1.82) is 0 Å². The Kier molecular flexibility index (Phi) is 6.76. The molecular formula is C22H28N3O3-. The van der Waals surface area contributed by atoms with Crippen molar-refractivity contribution in [2.75, 3.05) is 54.5 Å². The molecule has 2 aromatic rings. The van der Waals surface area contributed by atoms with Crippen molar-refractivity contribution in [2.24, 2.45) is 0 Å². The van der Waals surface area contributed by atoms with E-state index in [-0.39, 0.29) is 5.56 Å².